The van der Waals surface area contributed by atoms with Gasteiger partial charge in [-0.15, -0.1) is 10.2 Å². The number of hydrogen-bond donors (Lipinski definition) is 1. The van der Waals surface area contributed by atoms with E-state index in [0.29, 0.717) is 24.9 Å². The summed E-state index contributed by atoms with van der Waals surface area (Å²) in [5.74, 6) is 1.43. The maximum absolute atomic E-state index is 12.2. The lowest BCUT2D eigenvalue weighted by molar-refractivity contribution is -0.122. The molecule has 1 amide bonds. The van der Waals surface area contributed by atoms with Crippen molar-refractivity contribution < 1.29 is 9.21 Å². The minimum absolute atomic E-state index is 0.0693. The highest BCUT2D eigenvalue weighted by Gasteiger charge is 2.26. The van der Waals surface area contributed by atoms with Gasteiger partial charge in [0, 0.05) is 39.1 Å². The Morgan fingerprint density at radius 1 is 1.19 bits per heavy atom. The van der Waals surface area contributed by atoms with Gasteiger partial charge in [-0.05, 0) is 12.5 Å². The average molecular weight is 357 g/mol. The minimum atomic E-state index is 0.0693. The number of piperazine rings is 1. The highest BCUT2D eigenvalue weighted by molar-refractivity contribution is 5.78. The van der Waals surface area contributed by atoms with Crippen LogP contribution < -0.4 is 5.32 Å². The van der Waals surface area contributed by atoms with Gasteiger partial charge in [0.1, 0.15) is 0 Å². The van der Waals surface area contributed by atoms with Gasteiger partial charge in [-0.3, -0.25) is 14.6 Å². The number of hydrogen-bond acceptors (Lipinski definition) is 6. The molecular weight excluding hydrogens is 330 g/mol. The number of aromatic nitrogens is 2. The van der Waals surface area contributed by atoms with Gasteiger partial charge in [0.15, 0.2) is 0 Å². The number of nitrogens with one attached hydrogen (secondary N) is 1. The summed E-state index contributed by atoms with van der Waals surface area (Å²) in [6.07, 6.45) is 0.756. The van der Waals surface area contributed by atoms with Crippen LogP contribution in [0.25, 0.3) is 0 Å². The van der Waals surface area contributed by atoms with Gasteiger partial charge in [-0.2, -0.15) is 0 Å². The van der Waals surface area contributed by atoms with E-state index >= 15 is 0 Å². The molecule has 0 saturated carbocycles. The Labute approximate surface area is 154 Å². The van der Waals surface area contributed by atoms with E-state index in [1.807, 2.05) is 37.3 Å². The molecule has 1 aliphatic rings. The van der Waals surface area contributed by atoms with Crippen molar-refractivity contribution in [2.45, 2.75) is 32.9 Å². The molecule has 1 saturated heterocycles. The van der Waals surface area contributed by atoms with Gasteiger partial charge in [0.2, 0.25) is 17.7 Å². The van der Waals surface area contributed by atoms with Crippen molar-refractivity contribution in [2.75, 3.05) is 32.7 Å². The number of carbonyl (C=O) groups excluding carboxylic acids is 1. The highest BCUT2D eigenvalue weighted by Crippen LogP contribution is 2.20. The summed E-state index contributed by atoms with van der Waals surface area (Å²) in [6, 6.07) is 10.1. The maximum atomic E-state index is 12.2. The number of carbonyl (C=O) groups is 1. The Balaban J connectivity index is 1.41. The first-order valence-corrected chi connectivity index (χ1v) is 9.25. The molecule has 2 aromatic rings. The van der Waals surface area contributed by atoms with Crippen LogP contribution >= 0.6 is 0 Å². The average Bonchev–Trinajstić information content (AvgIpc) is 3.16. The minimum Gasteiger partial charge on any atom is -0.424 e. The van der Waals surface area contributed by atoms with Crippen LogP contribution in [0.15, 0.2) is 34.7 Å². The van der Waals surface area contributed by atoms with Crippen LogP contribution in [0.5, 0.6) is 0 Å². The first-order valence-electron chi connectivity index (χ1n) is 9.25. The Hall–Kier alpha value is -2.25. The van der Waals surface area contributed by atoms with Crippen molar-refractivity contribution >= 4 is 5.91 Å². The molecule has 26 heavy (non-hydrogen) atoms. The van der Waals surface area contributed by atoms with E-state index < -0.39 is 0 Å². The van der Waals surface area contributed by atoms with Crippen molar-refractivity contribution in [1.82, 2.24) is 25.3 Å². The summed E-state index contributed by atoms with van der Waals surface area (Å²) in [7, 11) is 0. The first kappa shape index (κ1) is 18.5. The van der Waals surface area contributed by atoms with Crippen molar-refractivity contribution in [2.24, 2.45) is 0 Å². The second kappa shape index (κ2) is 8.91. The molecule has 0 aliphatic carbocycles. The van der Waals surface area contributed by atoms with E-state index in [0.717, 1.165) is 38.2 Å². The van der Waals surface area contributed by atoms with Crippen LogP contribution in [0.1, 0.15) is 37.2 Å². The number of nitrogens with zero attached hydrogens (tertiary/aromatic N) is 4. The first-order chi connectivity index (χ1) is 12.7. The number of aryl methyl sites for hydroxylation is 1. The van der Waals surface area contributed by atoms with Gasteiger partial charge in [0.05, 0.1) is 12.6 Å². The summed E-state index contributed by atoms with van der Waals surface area (Å²) < 4.78 is 5.67. The molecule has 140 valence electrons. The molecule has 2 heterocycles. The van der Waals surface area contributed by atoms with Crippen molar-refractivity contribution in [1.29, 1.82) is 0 Å². The third kappa shape index (κ3) is 4.89. The number of benzene rings is 1. The predicted molar refractivity (Wildman–Crippen MR) is 98.4 cm³/mol. The maximum Gasteiger partial charge on any atom is 0.234 e. The lowest BCUT2D eigenvalue weighted by Crippen LogP contribution is -2.49. The van der Waals surface area contributed by atoms with E-state index in [-0.39, 0.29) is 11.9 Å². The lowest BCUT2D eigenvalue weighted by Gasteiger charge is -2.36. The van der Waals surface area contributed by atoms with Gasteiger partial charge in [0.25, 0.3) is 0 Å². The zero-order chi connectivity index (χ0) is 18.4. The van der Waals surface area contributed by atoms with E-state index in [1.54, 1.807) is 0 Å². The summed E-state index contributed by atoms with van der Waals surface area (Å²) in [5, 5.41) is 11.2. The van der Waals surface area contributed by atoms with Gasteiger partial charge < -0.3 is 9.73 Å². The van der Waals surface area contributed by atoms with E-state index in [9.17, 15) is 4.79 Å². The van der Waals surface area contributed by atoms with Crippen LogP contribution in [0, 0.1) is 0 Å². The Kier molecular flexibility index (Phi) is 6.35. The van der Waals surface area contributed by atoms with Crippen LogP contribution in [-0.4, -0.2) is 58.6 Å². The van der Waals surface area contributed by atoms with E-state index in [1.165, 1.54) is 0 Å². The molecule has 7 heteroatoms. The molecule has 3 rings (SSSR count). The molecular formula is C19H27N5O2. The Morgan fingerprint density at radius 2 is 1.92 bits per heavy atom. The molecule has 0 spiro atoms. The fourth-order valence-corrected chi connectivity index (χ4v) is 3.10. The highest BCUT2D eigenvalue weighted by atomic mass is 16.4. The van der Waals surface area contributed by atoms with Crippen LogP contribution in [0.4, 0.5) is 0 Å². The number of amides is 1. The number of rotatable bonds is 7. The molecule has 1 fully saturated rings. The summed E-state index contributed by atoms with van der Waals surface area (Å²) >= 11 is 0. The van der Waals surface area contributed by atoms with Crippen molar-refractivity contribution in [3.8, 4) is 0 Å². The molecule has 0 bridgehead atoms. The topological polar surface area (TPSA) is 74.5 Å². The van der Waals surface area contributed by atoms with Gasteiger partial charge in [-0.25, -0.2) is 0 Å². The lowest BCUT2D eigenvalue weighted by atomic mass is 10.2. The van der Waals surface area contributed by atoms with Gasteiger partial charge >= 0.3 is 0 Å². The largest absolute Gasteiger partial charge is 0.424 e. The molecule has 0 radical (unpaired) electrons. The van der Waals surface area contributed by atoms with Crippen LogP contribution in [-0.2, 0) is 17.8 Å². The smallest absolute Gasteiger partial charge is 0.234 e. The van der Waals surface area contributed by atoms with E-state index in [2.05, 4.69) is 32.2 Å². The Bertz CT molecular complexity index is 695. The third-order valence-electron chi connectivity index (χ3n) is 4.80. The van der Waals surface area contributed by atoms with Crippen LogP contribution in [0.2, 0.25) is 0 Å². The predicted octanol–water partition coefficient (Wildman–Crippen LogP) is 1.63. The quantitative estimate of drug-likeness (QED) is 0.812. The fourth-order valence-electron chi connectivity index (χ4n) is 3.10. The molecule has 1 aromatic heterocycles. The molecule has 1 aromatic carbocycles. The van der Waals surface area contributed by atoms with Crippen molar-refractivity contribution in [3.63, 3.8) is 0 Å². The second-order valence-electron chi connectivity index (χ2n) is 6.64. The summed E-state index contributed by atoms with van der Waals surface area (Å²) in [4.78, 5) is 16.7. The molecule has 1 aliphatic heterocycles. The molecule has 0 unspecified atom stereocenters. The van der Waals surface area contributed by atoms with Crippen LogP contribution in [0.3, 0.4) is 0 Å². The standard InChI is InChI=1S/C19H27N5O2/c1-3-18-21-22-19(26-18)15(2)24-11-9-23(10-12-24)14-17(25)20-13-16-7-5-4-6-8-16/h4-8,15H,3,9-14H2,1-2H3,(H,20,25)/t15-/m1/s1. The zero-order valence-corrected chi connectivity index (χ0v) is 15.5. The monoisotopic (exact) mass is 357 g/mol. The molecule has 1 N–H and O–H groups in total. The normalized spacial score (nSPS) is 17.2. The third-order valence-corrected chi connectivity index (χ3v) is 4.80. The second-order valence-corrected chi connectivity index (χ2v) is 6.64. The summed E-state index contributed by atoms with van der Waals surface area (Å²) in [5.41, 5.74) is 1.12. The van der Waals surface area contributed by atoms with Gasteiger partial charge in [-0.1, -0.05) is 37.3 Å². The zero-order valence-electron chi connectivity index (χ0n) is 15.5. The van der Waals surface area contributed by atoms with E-state index in [4.69, 9.17) is 4.42 Å². The fraction of sp³-hybridized carbons (Fsp3) is 0.526. The SMILES string of the molecule is CCc1nnc([C@@H](C)N2CCN(CC(=O)NCc3ccccc3)CC2)o1. The van der Waals surface area contributed by atoms with Crippen molar-refractivity contribution in [3.05, 3.63) is 47.7 Å². The molecule has 7 nitrogen and oxygen atoms in total. The summed E-state index contributed by atoms with van der Waals surface area (Å²) in [6.45, 7) is 8.60. The Morgan fingerprint density at radius 3 is 2.58 bits per heavy atom. The molecule has 1 atom stereocenters.